The Balaban J connectivity index is 2.47. The van der Waals surface area contributed by atoms with E-state index in [1.165, 1.54) is 30.3 Å². The van der Waals surface area contributed by atoms with Crippen LogP contribution in [0.5, 0.6) is 5.75 Å². The smallest absolute Gasteiger partial charge is 0.405 e. The van der Waals surface area contributed by atoms with Gasteiger partial charge in [-0.2, -0.15) is 0 Å². The maximum absolute atomic E-state index is 12.3. The quantitative estimate of drug-likeness (QED) is 0.706. The molecule has 0 saturated heterocycles. The number of para-hydroxylation sites is 1. The van der Waals surface area contributed by atoms with E-state index >= 15 is 0 Å². The fraction of sp³-hybridized carbons (Fsp3) is 0.0769. The van der Waals surface area contributed by atoms with Crippen LogP contribution in [0.2, 0.25) is 10.0 Å². The first-order valence-electron chi connectivity index (χ1n) is 5.17. The Morgan fingerprint density at radius 2 is 1.58 bits per heavy atom. The molecule has 0 fully saturated rings. The van der Waals surface area contributed by atoms with Crippen molar-refractivity contribution in [3.8, 4) is 16.9 Å². The van der Waals surface area contributed by atoms with E-state index in [1.807, 2.05) is 0 Å². The monoisotopic (exact) mass is 306 g/mol. The highest BCUT2D eigenvalue weighted by Crippen LogP contribution is 2.36. The van der Waals surface area contributed by atoms with Crippen LogP contribution in [0.15, 0.2) is 42.5 Å². The van der Waals surface area contributed by atoms with Gasteiger partial charge in [-0.1, -0.05) is 47.5 Å². The van der Waals surface area contributed by atoms with Crippen molar-refractivity contribution in [2.75, 3.05) is 0 Å². The third kappa shape index (κ3) is 3.55. The lowest BCUT2D eigenvalue weighted by Crippen LogP contribution is -2.17. The lowest BCUT2D eigenvalue weighted by atomic mass is 10.0. The fourth-order valence-electron chi connectivity index (χ4n) is 1.58. The van der Waals surface area contributed by atoms with E-state index < -0.39 is 6.36 Å². The molecule has 2 rings (SSSR count). The van der Waals surface area contributed by atoms with E-state index in [0.29, 0.717) is 16.1 Å². The summed E-state index contributed by atoms with van der Waals surface area (Å²) in [4.78, 5) is 0. The van der Waals surface area contributed by atoms with E-state index in [0.717, 1.165) is 0 Å². The maximum Gasteiger partial charge on any atom is 0.573 e. The summed E-state index contributed by atoms with van der Waals surface area (Å²) < 4.78 is 40.9. The summed E-state index contributed by atoms with van der Waals surface area (Å²) in [6, 6.07) is 10.4. The third-order valence-electron chi connectivity index (χ3n) is 2.34. The van der Waals surface area contributed by atoms with Crippen molar-refractivity contribution in [2.24, 2.45) is 0 Å². The molecule has 2 aromatic rings. The molecular weight excluding hydrogens is 300 g/mol. The first-order valence-corrected chi connectivity index (χ1v) is 5.92. The predicted octanol–water partition coefficient (Wildman–Crippen LogP) is 5.56. The molecule has 0 aliphatic heterocycles. The standard InChI is InChI=1S/C13H7Cl2F3O/c14-10-6-5-8(7-11(10)15)9-3-1-2-4-12(9)19-13(16,17)18/h1-7H. The molecule has 0 aromatic heterocycles. The van der Waals surface area contributed by atoms with Gasteiger partial charge in [-0.25, -0.2) is 0 Å². The van der Waals surface area contributed by atoms with E-state index in [2.05, 4.69) is 4.74 Å². The number of hydrogen-bond donors (Lipinski definition) is 0. The lowest BCUT2D eigenvalue weighted by molar-refractivity contribution is -0.274. The van der Waals surface area contributed by atoms with Crippen molar-refractivity contribution < 1.29 is 17.9 Å². The third-order valence-corrected chi connectivity index (χ3v) is 3.08. The first-order chi connectivity index (χ1) is 8.87. The van der Waals surface area contributed by atoms with Crippen molar-refractivity contribution in [1.82, 2.24) is 0 Å². The van der Waals surface area contributed by atoms with Gasteiger partial charge in [0.1, 0.15) is 5.75 Å². The van der Waals surface area contributed by atoms with Gasteiger partial charge in [-0.05, 0) is 23.8 Å². The summed E-state index contributed by atoms with van der Waals surface area (Å²) in [5.74, 6) is -0.284. The Hall–Kier alpha value is -1.39. The molecule has 19 heavy (non-hydrogen) atoms. The number of ether oxygens (including phenoxy) is 1. The summed E-state index contributed by atoms with van der Waals surface area (Å²) in [6.07, 6.45) is -4.74. The first kappa shape index (κ1) is 14.0. The molecule has 0 amide bonds. The normalized spacial score (nSPS) is 11.4. The maximum atomic E-state index is 12.3. The molecule has 0 aliphatic carbocycles. The van der Waals surface area contributed by atoms with E-state index in [4.69, 9.17) is 23.2 Å². The van der Waals surface area contributed by atoms with Crippen LogP contribution in [0, 0.1) is 0 Å². The number of hydrogen-bond acceptors (Lipinski definition) is 1. The van der Waals surface area contributed by atoms with Crippen molar-refractivity contribution in [3.05, 3.63) is 52.5 Å². The van der Waals surface area contributed by atoms with Crippen LogP contribution in [-0.4, -0.2) is 6.36 Å². The molecule has 0 N–H and O–H groups in total. The van der Waals surface area contributed by atoms with Crippen LogP contribution in [-0.2, 0) is 0 Å². The SMILES string of the molecule is FC(F)(F)Oc1ccccc1-c1ccc(Cl)c(Cl)c1. The average Bonchev–Trinajstić information content (AvgIpc) is 2.31. The van der Waals surface area contributed by atoms with Gasteiger partial charge in [-0.15, -0.1) is 13.2 Å². The Kier molecular flexibility index (Phi) is 3.92. The second kappa shape index (κ2) is 5.31. The number of alkyl halides is 3. The molecule has 0 heterocycles. The Morgan fingerprint density at radius 3 is 2.21 bits per heavy atom. The molecule has 0 saturated carbocycles. The Labute approximate surface area is 117 Å². The molecule has 2 aromatic carbocycles. The Morgan fingerprint density at radius 1 is 0.895 bits per heavy atom. The zero-order valence-corrected chi connectivity index (χ0v) is 10.9. The zero-order chi connectivity index (χ0) is 14.0. The van der Waals surface area contributed by atoms with Gasteiger partial charge in [0.15, 0.2) is 0 Å². The van der Waals surface area contributed by atoms with Crippen LogP contribution in [0.3, 0.4) is 0 Å². The molecule has 0 radical (unpaired) electrons. The van der Waals surface area contributed by atoms with Crippen LogP contribution < -0.4 is 4.74 Å². The van der Waals surface area contributed by atoms with E-state index in [-0.39, 0.29) is 10.8 Å². The fourth-order valence-corrected chi connectivity index (χ4v) is 1.88. The molecular formula is C13H7Cl2F3O. The minimum atomic E-state index is -4.74. The minimum absolute atomic E-state index is 0.265. The summed E-state index contributed by atoms with van der Waals surface area (Å²) in [5.41, 5.74) is 0.785. The van der Waals surface area contributed by atoms with Crippen molar-refractivity contribution in [3.63, 3.8) is 0 Å². The molecule has 0 atom stereocenters. The van der Waals surface area contributed by atoms with Gasteiger partial charge in [0.05, 0.1) is 10.0 Å². The predicted molar refractivity (Wildman–Crippen MR) is 68.6 cm³/mol. The Bertz CT molecular complexity index is 597. The second-order valence-electron chi connectivity index (χ2n) is 3.67. The van der Waals surface area contributed by atoms with Crippen molar-refractivity contribution >= 4 is 23.2 Å². The van der Waals surface area contributed by atoms with Gasteiger partial charge >= 0.3 is 6.36 Å². The number of rotatable bonds is 2. The zero-order valence-electron chi connectivity index (χ0n) is 9.34. The van der Waals surface area contributed by atoms with E-state index in [1.54, 1.807) is 12.1 Å². The van der Waals surface area contributed by atoms with Crippen LogP contribution in [0.1, 0.15) is 0 Å². The largest absolute Gasteiger partial charge is 0.573 e. The lowest BCUT2D eigenvalue weighted by Gasteiger charge is -2.13. The summed E-state index contributed by atoms with van der Waals surface area (Å²) in [5, 5.41) is 0.598. The van der Waals surface area contributed by atoms with Gasteiger partial charge in [-0.3, -0.25) is 0 Å². The molecule has 0 spiro atoms. The minimum Gasteiger partial charge on any atom is -0.405 e. The van der Waals surface area contributed by atoms with Gasteiger partial charge in [0.25, 0.3) is 0 Å². The molecule has 0 unspecified atom stereocenters. The second-order valence-corrected chi connectivity index (χ2v) is 4.49. The number of halogens is 5. The van der Waals surface area contributed by atoms with Gasteiger partial charge in [0.2, 0.25) is 0 Å². The van der Waals surface area contributed by atoms with E-state index in [9.17, 15) is 13.2 Å². The molecule has 0 bridgehead atoms. The van der Waals surface area contributed by atoms with Crippen LogP contribution in [0.4, 0.5) is 13.2 Å². The van der Waals surface area contributed by atoms with Crippen LogP contribution >= 0.6 is 23.2 Å². The number of benzene rings is 2. The highest BCUT2D eigenvalue weighted by molar-refractivity contribution is 6.42. The molecule has 6 heteroatoms. The van der Waals surface area contributed by atoms with Gasteiger partial charge < -0.3 is 4.74 Å². The molecule has 1 nitrogen and oxygen atoms in total. The molecule has 0 aliphatic rings. The van der Waals surface area contributed by atoms with Gasteiger partial charge in [0, 0.05) is 5.56 Å². The average molecular weight is 307 g/mol. The highest BCUT2D eigenvalue weighted by atomic mass is 35.5. The van der Waals surface area contributed by atoms with Crippen molar-refractivity contribution in [1.29, 1.82) is 0 Å². The summed E-state index contributed by atoms with van der Waals surface area (Å²) in [6.45, 7) is 0. The summed E-state index contributed by atoms with van der Waals surface area (Å²) >= 11 is 11.6. The van der Waals surface area contributed by atoms with Crippen molar-refractivity contribution in [2.45, 2.75) is 6.36 Å². The topological polar surface area (TPSA) is 9.23 Å². The summed E-state index contributed by atoms with van der Waals surface area (Å²) in [7, 11) is 0. The molecule has 100 valence electrons. The highest BCUT2D eigenvalue weighted by Gasteiger charge is 2.32. The van der Waals surface area contributed by atoms with Crippen LogP contribution in [0.25, 0.3) is 11.1 Å².